The van der Waals surface area contributed by atoms with E-state index in [0.29, 0.717) is 10.6 Å². The smallest absolute Gasteiger partial charge is 0.139 e. The van der Waals surface area contributed by atoms with Gasteiger partial charge in [-0.1, -0.05) is 51.3 Å². The largest absolute Gasteiger partial charge is 0.206 e. The maximum absolute atomic E-state index is 13.7. The normalized spacial score (nSPS) is 10.0. The van der Waals surface area contributed by atoms with E-state index in [1.54, 1.807) is 6.07 Å². The molecule has 0 aliphatic carbocycles. The lowest BCUT2D eigenvalue weighted by atomic mass is 9.92. The van der Waals surface area contributed by atoms with E-state index in [9.17, 15) is 4.39 Å². The van der Waals surface area contributed by atoms with E-state index >= 15 is 0 Å². The van der Waals surface area contributed by atoms with Crippen molar-refractivity contribution in [2.75, 3.05) is 0 Å². The quantitative estimate of drug-likeness (QED) is 0.581. The van der Waals surface area contributed by atoms with Crippen LogP contribution in [-0.2, 0) is 0 Å². The van der Waals surface area contributed by atoms with Gasteiger partial charge in [0.2, 0.25) is 0 Å². The van der Waals surface area contributed by atoms with Crippen molar-refractivity contribution in [3.63, 3.8) is 0 Å². The zero-order chi connectivity index (χ0) is 14.6. The molecule has 0 amide bonds. The minimum atomic E-state index is -0.357. The molecule has 0 nitrogen and oxygen atoms in total. The molecular weight excluding hydrogens is 259 g/mol. The molecule has 0 heterocycles. The molecule has 0 unspecified atom stereocenters. The molecule has 2 aromatic rings. The summed E-state index contributed by atoms with van der Waals surface area (Å²) in [4.78, 5) is 0. The van der Waals surface area contributed by atoms with Gasteiger partial charge in [0.05, 0.1) is 5.56 Å². The third-order valence-corrected chi connectivity index (χ3v) is 3.05. The number of hydrogen-bond donors (Lipinski definition) is 0. The van der Waals surface area contributed by atoms with Crippen molar-refractivity contribution in [2.24, 2.45) is 0 Å². The number of benzene rings is 2. The standard InChI is InChI=1S/C15H12ClF.C2H6/c1-4-12-14(17)6-5-10-7-11(16)8-13(9(2)3)15(10)12;1-2/h1,5-9H,2-3H3;1-2H3. The first kappa shape index (κ1) is 15.5. The fourth-order valence-corrected chi connectivity index (χ4v) is 2.27. The summed E-state index contributed by atoms with van der Waals surface area (Å²) >= 11 is 6.06. The fourth-order valence-electron chi connectivity index (χ4n) is 2.03. The Hall–Kier alpha value is -1.52. The van der Waals surface area contributed by atoms with Crippen LogP contribution in [0.15, 0.2) is 24.3 Å². The van der Waals surface area contributed by atoms with Crippen LogP contribution in [-0.4, -0.2) is 0 Å². The van der Waals surface area contributed by atoms with Gasteiger partial charge in [0.1, 0.15) is 5.82 Å². The van der Waals surface area contributed by atoms with Gasteiger partial charge >= 0.3 is 0 Å². The van der Waals surface area contributed by atoms with E-state index in [0.717, 1.165) is 16.3 Å². The molecule has 2 aromatic carbocycles. The van der Waals surface area contributed by atoms with E-state index in [2.05, 4.69) is 5.92 Å². The highest BCUT2D eigenvalue weighted by atomic mass is 35.5. The van der Waals surface area contributed by atoms with Crippen molar-refractivity contribution >= 4 is 22.4 Å². The van der Waals surface area contributed by atoms with Gasteiger partial charge in [-0.3, -0.25) is 0 Å². The van der Waals surface area contributed by atoms with Crippen LogP contribution >= 0.6 is 11.6 Å². The van der Waals surface area contributed by atoms with Crippen molar-refractivity contribution in [3.8, 4) is 12.3 Å². The minimum absolute atomic E-state index is 0.241. The van der Waals surface area contributed by atoms with Gasteiger partial charge in [-0.25, -0.2) is 4.39 Å². The Bertz CT molecular complexity index is 621. The molecule has 0 N–H and O–H groups in total. The van der Waals surface area contributed by atoms with Crippen molar-refractivity contribution in [2.45, 2.75) is 33.6 Å². The maximum atomic E-state index is 13.7. The molecule has 2 heteroatoms. The zero-order valence-electron chi connectivity index (χ0n) is 11.7. The summed E-state index contributed by atoms with van der Waals surface area (Å²) in [6.45, 7) is 8.08. The Labute approximate surface area is 119 Å². The van der Waals surface area contributed by atoms with E-state index in [-0.39, 0.29) is 11.7 Å². The molecular formula is C17H18ClF. The predicted octanol–water partition coefficient (Wildman–Crippen LogP) is 5.76. The van der Waals surface area contributed by atoms with Crippen LogP contribution in [0, 0.1) is 18.2 Å². The summed E-state index contributed by atoms with van der Waals surface area (Å²) < 4.78 is 13.7. The first-order valence-corrected chi connectivity index (χ1v) is 6.80. The monoisotopic (exact) mass is 276 g/mol. The number of rotatable bonds is 1. The van der Waals surface area contributed by atoms with E-state index in [1.807, 2.05) is 39.8 Å². The fraction of sp³-hybridized carbons (Fsp3) is 0.294. The van der Waals surface area contributed by atoms with Crippen LogP contribution < -0.4 is 0 Å². The van der Waals surface area contributed by atoms with Crippen LogP contribution in [0.5, 0.6) is 0 Å². The molecule has 0 atom stereocenters. The second kappa shape index (κ2) is 6.59. The summed E-state index contributed by atoms with van der Waals surface area (Å²) in [7, 11) is 0. The number of fused-ring (bicyclic) bond motifs is 1. The van der Waals surface area contributed by atoms with Gasteiger partial charge in [0, 0.05) is 10.4 Å². The van der Waals surface area contributed by atoms with Gasteiger partial charge in [-0.15, -0.1) is 6.42 Å². The molecule has 0 fully saturated rings. The Kier molecular flexibility index (Phi) is 5.39. The Morgan fingerprint density at radius 1 is 1.21 bits per heavy atom. The lowest BCUT2D eigenvalue weighted by Gasteiger charge is -2.13. The highest BCUT2D eigenvalue weighted by Gasteiger charge is 2.13. The molecule has 100 valence electrons. The van der Waals surface area contributed by atoms with Crippen molar-refractivity contribution in [3.05, 3.63) is 46.2 Å². The summed E-state index contributed by atoms with van der Waals surface area (Å²) in [5.41, 5.74) is 1.31. The van der Waals surface area contributed by atoms with Crippen LogP contribution in [0.1, 0.15) is 44.7 Å². The van der Waals surface area contributed by atoms with Gasteiger partial charge in [-0.05, 0) is 35.1 Å². The van der Waals surface area contributed by atoms with Crippen molar-refractivity contribution in [1.82, 2.24) is 0 Å². The Morgan fingerprint density at radius 2 is 1.84 bits per heavy atom. The average molecular weight is 277 g/mol. The topological polar surface area (TPSA) is 0 Å². The SMILES string of the molecule is C#Cc1c(F)ccc2cc(Cl)cc(C(C)C)c12.CC. The van der Waals surface area contributed by atoms with Crippen LogP contribution in [0.2, 0.25) is 5.02 Å². The third kappa shape index (κ3) is 3.08. The molecule has 19 heavy (non-hydrogen) atoms. The van der Waals surface area contributed by atoms with E-state index in [4.69, 9.17) is 18.0 Å². The highest BCUT2D eigenvalue weighted by molar-refractivity contribution is 6.31. The van der Waals surface area contributed by atoms with Crippen molar-refractivity contribution in [1.29, 1.82) is 0 Å². The first-order valence-electron chi connectivity index (χ1n) is 6.43. The van der Waals surface area contributed by atoms with Gasteiger partial charge in [0.25, 0.3) is 0 Å². The highest BCUT2D eigenvalue weighted by Crippen LogP contribution is 2.32. The number of hydrogen-bond acceptors (Lipinski definition) is 0. The van der Waals surface area contributed by atoms with Crippen LogP contribution in [0.4, 0.5) is 4.39 Å². The lowest BCUT2D eigenvalue weighted by Crippen LogP contribution is -1.95. The van der Waals surface area contributed by atoms with Crippen molar-refractivity contribution < 1.29 is 4.39 Å². The predicted molar refractivity (Wildman–Crippen MR) is 82.3 cm³/mol. The second-order valence-electron chi connectivity index (χ2n) is 4.31. The molecule has 0 bridgehead atoms. The maximum Gasteiger partial charge on any atom is 0.139 e. The summed E-state index contributed by atoms with van der Waals surface area (Å²) in [5.74, 6) is 2.32. The molecule has 0 spiro atoms. The second-order valence-corrected chi connectivity index (χ2v) is 4.75. The van der Waals surface area contributed by atoms with E-state index < -0.39 is 0 Å². The molecule has 0 aliphatic rings. The van der Waals surface area contributed by atoms with Crippen LogP contribution in [0.3, 0.4) is 0 Å². The van der Waals surface area contributed by atoms with Gasteiger partial charge < -0.3 is 0 Å². The average Bonchev–Trinajstić information content (AvgIpc) is 2.40. The number of terminal acetylenes is 1. The third-order valence-electron chi connectivity index (χ3n) is 2.83. The summed E-state index contributed by atoms with van der Waals surface area (Å²) in [5, 5.41) is 2.33. The Morgan fingerprint density at radius 3 is 2.37 bits per heavy atom. The minimum Gasteiger partial charge on any atom is -0.206 e. The van der Waals surface area contributed by atoms with E-state index in [1.165, 1.54) is 6.07 Å². The molecule has 0 radical (unpaired) electrons. The Balaban J connectivity index is 0.000000861. The molecule has 2 rings (SSSR count). The first-order chi connectivity index (χ1) is 9.04. The zero-order valence-corrected chi connectivity index (χ0v) is 12.5. The van der Waals surface area contributed by atoms with Gasteiger partial charge in [0.15, 0.2) is 0 Å². The number of halogens is 2. The molecule has 0 saturated heterocycles. The molecule has 0 saturated carbocycles. The van der Waals surface area contributed by atoms with Crippen LogP contribution in [0.25, 0.3) is 10.8 Å². The summed E-state index contributed by atoms with van der Waals surface area (Å²) in [6.07, 6.45) is 5.40. The van der Waals surface area contributed by atoms with Gasteiger partial charge in [-0.2, -0.15) is 0 Å². The molecule has 0 aliphatic heterocycles. The molecule has 0 aromatic heterocycles. The summed E-state index contributed by atoms with van der Waals surface area (Å²) in [6, 6.07) is 6.76. The lowest BCUT2D eigenvalue weighted by molar-refractivity contribution is 0.626.